The topological polar surface area (TPSA) is 64.6 Å². The van der Waals surface area contributed by atoms with E-state index < -0.39 is 0 Å². The highest BCUT2D eigenvalue weighted by Gasteiger charge is 2.08. The summed E-state index contributed by atoms with van der Waals surface area (Å²) < 4.78 is 9.81. The Kier molecular flexibility index (Phi) is 6.02. The summed E-state index contributed by atoms with van der Waals surface area (Å²) in [5.74, 6) is -0.294. The molecular formula is C14H19NO4. The number of ether oxygens (including phenoxy) is 2. The molecule has 0 heterocycles. The van der Waals surface area contributed by atoms with Crippen LogP contribution in [0.4, 0.5) is 5.69 Å². The van der Waals surface area contributed by atoms with E-state index in [2.05, 4.69) is 5.32 Å². The van der Waals surface area contributed by atoms with Crippen LogP contribution < -0.4 is 5.32 Å². The Balaban J connectivity index is 2.56. The van der Waals surface area contributed by atoms with E-state index in [0.29, 0.717) is 23.8 Å². The summed E-state index contributed by atoms with van der Waals surface area (Å²) in [7, 11) is 1.45. The van der Waals surface area contributed by atoms with Gasteiger partial charge in [-0.15, -0.1) is 0 Å². The van der Waals surface area contributed by atoms with Crippen LogP contribution in [0.2, 0.25) is 0 Å². The molecule has 5 heteroatoms. The number of amides is 1. The van der Waals surface area contributed by atoms with Gasteiger partial charge in [0.15, 0.2) is 0 Å². The van der Waals surface area contributed by atoms with Crippen molar-refractivity contribution in [3.05, 3.63) is 29.8 Å². The van der Waals surface area contributed by atoms with E-state index >= 15 is 0 Å². The highest BCUT2D eigenvalue weighted by Crippen LogP contribution is 2.11. The molecule has 1 amide bonds. The number of esters is 1. The zero-order chi connectivity index (χ0) is 14.3. The SMILES string of the molecule is COCC(=O)Nc1ccc(C(=O)OCC(C)C)cc1. The summed E-state index contributed by atoms with van der Waals surface area (Å²) >= 11 is 0. The summed E-state index contributed by atoms with van der Waals surface area (Å²) in [5, 5.41) is 2.64. The third-order valence-corrected chi connectivity index (χ3v) is 2.23. The minimum Gasteiger partial charge on any atom is -0.462 e. The molecule has 0 spiro atoms. The lowest BCUT2D eigenvalue weighted by atomic mass is 10.2. The van der Waals surface area contributed by atoms with Crippen LogP contribution in [0.3, 0.4) is 0 Å². The third kappa shape index (κ3) is 5.52. The molecule has 1 N–H and O–H groups in total. The van der Waals surface area contributed by atoms with Gasteiger partial charge in [-0.05, 0) is 30.2 Å². The number of anilines is 1. The van der Waals surface area contributed by atoms with Crippen LogP contribution in [0, 0.1) is 5.92 Å². The molecule has 0 unspecified atom stereocenters. The van der Waals surface area contributed by atoms with Crippen molar-refractivity contribution in [2.45, 2.75) is 13.8 Å². The molecule has 1 aromatic carbocycles. The molecule has 19 heavy (non-hydrogen) atoms. The molecule has 0 aliphatic rings. The van der Waals surface area contributed by atoms with Crippen molar-refractivity contribution in [3.8, 4) is 0 Å². The molecule has 0 radical (unpaired) electrons. The minimum atomic E-state index is -0.358. The third-order valence-electron chi connectivity index (χ3n) is 2.23. The molecule has 0 fully saturated rings. The van der Waals surface area contributed by atoms with E-state index in [4.69, 9.17) is 9.47 Å². The number of benzene rings is 1. The van der Waals surface area contributed by atoms with Crippen molar-refractivity contribution < 1.29 is 19.1 Å². The van der Waals surface area contributed by atoms with Gasteiger partial charge in [0.2, 0.25) is 5.91 Å². The maximum atomic E-state index is 11.7. The first-order chi connectivity index (χ1) is 9.02. The number of nitrogens with one attached hydrogen (secondary N) is 1. The van der Waals surface area contributed by atoms with E-state index in [9.17, 15) is 9.59 Å². The number of carbonyl (C=O) groups is 2. The second-order valence-corrected chi connectivity index (χ2v) is 4.55. The van der Waals surface area contributed by atoms with Gasteiger partial charge in [0.1, 0.15) is 6.61 Å². The molecular weight excluding hydrogens is 246 g/mol. The van der Waals surface area contributed by atoms with Gasteiger partial charge in [0, 0.05) is 12.8 Å². The Labute approximate surface area is 112 Å². The maximum absolute atomic E-state index is 11.7. The fraction of sp³-hybridized carbons (Fsp3) is 0.429. The Morgan fingerprint density at radius 3 is 2.37 bits per heavy atom. The lowest BCUT2D eigenvalue weighted by Crippen LogP contribution is -2.17. The summed E-state index contributed by atoms with van der Waals surface area (Å²) in [5.41, 5.74) is 1.08. The quantitative estimate of drug-likeness (QED) is 0.800. The highest BCUT2D eigenvalue weighted by atomic mass is 16.5. The fourth-order valence-electron chi connectivity index (χ4n) is 1.34. The van der Waals surface area contributed by atoms with Gasteiger partial charge in [-0.3, -0.25) is 4.79 Å². The first-order valence-electron chi connectivity index (χ1n) is 6.09. The van der Waals surface area contributed by atoms with Crippen LogP contribution in [0.5, 0.6) is 0 Å². The van der Waals surface area contributed by atoms with Gasteiger partial charge in [-0.1, -0.05) is 13.8 Å². The van der Waals surface area contributed by atoms with Gasteiger partial charge in [-0.2, -0.15) is 0 Å². The first-order valence-corrected chi connectivity index (χ1v) is 6.09. The van der Waals surface area contributed by atoms with Crippen LogP contribution in [-0.2, 0) is 14.3 Å². The van der Waals surface area contributed by atoms with E-state index in [0.717, 1.165) is 0 Å². The zero-order valence-corrected chi connectivity index (χ0v) is 11.4. The molecule has 0 aliphatic carbocycles. The highest BCUT2D eigenvalue weighted by molar-refractivity contribution is 5.93. The molecule has 0 saturated heterocycles. The fourth-order valence-corrected chi connectivity index (χ4v) is 1.34. The van der Waals surface area contributed by atoms with E-state index in [-0.39, 0.29) is 18.5 Å². The number of hydrogen-bond acceptors (Lipinski definition) is 4. The molecule has 0 bridgehead atoms. The summed E-state index contributed by atoms with van der Waals surface area (Å²) in [4.78, 5) is 22.9. The van der Waals surface area contributed by atoms with Gasteiger partial charge in [0.25, 0.3) is 0 Å². The van der Waals surface area contributed by atoms with Crippen molar-refractivity contribution in [1.29, 1.82) is 0 Å². The Bertz CT molecular complexity index is 426. The van der Waals surface area contributed by atoms with Crippen LogP contribution in [0.15, 0.2) is 24.3 Å². The minimum absolute atomic E-state index is 0.00180. The Hall–Kier alpha value is -1.88. The van der Waals surface area contributed by atoms with E-state index in [1.807, 2.05) is 13.8 Å². The van der Waals surface area contributed by atoms with E-state index in [1.54, 1.807) is 24.3 Å². The molecule has 1 rings (SSSR count). The summed E-state index contributed by atoms with van der Waals surface area (Å²) in [6, 6.07) is 6.54. The van der Waals surface area contributed by atoms with Gasteiger partial charge in [-0.25, -0.2) is 4.79 Å². The lowest BCUT2D eigenvalue weighted by molar-refractivity contribution is -0.119. The number of methoxy groups -OCH3 is 1. The predicted molar refractivity (Wildman–Crippen MR) is 72.1 cm³/mol. The average molecular weight is 265 g/mol. The van der Waals surface area contributed by atoms with Crippen LogP contribution in [0.25, 0.3) is 0 Å². The van der Waals surface area contributed by atoms with E-state index in [1.165, 1.54) is 7.11 Å². The maximum Gasteiger partial charge on any atom is 0.338 e. The normalized spacial score (nSPS) is 10.3. The molecule has 5 nitrogen and oxygen atoms in total. The van der Waals surface area contributed by atoms with Crippen molar-refractivity contribution in [3.63, 3.8) is 0 Å². The second-order valence-electron chi connectivity index (χ2n) is 4.55. The molecule has 0 atom stereocenters. The van der Waals surface area contributed by atoms with Crippen molar-refractivity contribution >= 4 is 17.6 Å². The van der Waals surface area contributed by atoms with Crippen LogP contribution in [-0.4, -0.2) is 32.2 Å². The molecule has 1 aromatic rings. The lowest BCUT2D eigenvalue weighted by Gasteiger charge is -2.08. The van der Waals surface area contributed by atoms with Gasteiger partial charge < -0.3 is 14.8 Å². The first kappa shape index (κ1) is 15.2. The molecule has 0 aromatic heterocycles. The largest absolute Gasteiger partial charge is 0.462 e. The summed E-state index contributed by atoms with van der Waals surface area (Å²) in [6.45, 7) is 4.34. The number of rotatable bonds is 6. The number of carbonyl (C=O) groups excluding carboxylic acids is 2. The smallest absolute Gasteiger partial charge is 0.338 e. The second kappa shape index (κ2) is 7.53. The van der Waals surface area contributed by atoms with Gasteiger partial charge in [0.05, 0.1) is 12.2 Å². The summed E-state index contributed by atoms with van der Waals surface area (Å²) in [6.07, 6.45) is 0. The van der Waals surface area contributed by atoms with Crippen molar-refractivity contribution in [2.75, 3.05) is 25.6 Å². The zero-order valence-electron chi connectivity index (χ0n) is 11.4. The van der Waals surface area contributed by atoms with Crippen LogP contribution in [0.1, 0.15) is 24.2 Å². The Morgan fingerprint density at radius 2 is 1.84 bits per heavy atom. The molecule has 0 saturated carbocycles. The average Bonchev–Trinajstić information content (AvgIpc) is 2.37. The standard InChI is InChI=1S/C14H19NO4/c1-10(2)8-19-14(17)11-4-6-12(7-5-11)15-13(16)9-18-3/h4-7,10H,8-9H2,1-3H3,(H,15,16). The molecule has 104 valence electrons. The van der Waals surface area contributed by atoms with Crippen LogP contribution >= 0.6 is 0 Å². The predicted octanol–water partition coefficient (Wildman–Crippen LogP) is 2.08. The molecule has 0 aliphatic heterocycles. The van der Waals surface area contributed by atoms with Crippen molar-refractivity contribution in [2.24, 2.45) is 5.92 Å². The van der Waals surface area contributed by atoms with Gasteiger partial charge >= 0.3 is 5.97 Å². The monoisotopic (exact) mass is 265 g/mol. The Morgan fingerprint density at radius 1 is 1.21 bits per heavy atom. The van der Waals surface area contributed by atoms with Crippen molar-refractivity contribution in [1.82, 2.24) is 0 Å². The number of hydrogen-bond donors (Lipinski definition) is 1.